The zero-order valence-electron chi connectivity index (χ0n) is 22.4. The van der Waals surface area contributed by atoms with Crippen LogP contribution in [-0.2, 0) is 29.5 Å². The molecule has 216 valence electrons. The fraction of sp³-hybridized carbons (Fsp3) is 0.370. The maximum atomic E-state index is 13.5. The van der Waals surface area contributed by atoms with Gasteiger partial charge in [0, 0.05) is 19.6 Å². The van der Waals surface area contributed by atoms with Gasteiger partial charge in [-0.2, -0.15) is 0 Å². The Hall–Kier alpha value is -2.57. The monoisotopic (exact) mass is 625 g/mol. The van der Waals surface area contributed by atoms with Gasteiger partial charge in [-0.15, -0.1) is 36.6 Å². The predicted molar refractivity (Wildman–Crippen MR) is 164 cm³/mol. The lowest BCUT2D eigenvalue weighted by molar-refractivity contribution is 0.394. The molecule has 0 unspecified atom stereocenters. The van der Waals surface area contributed by atoms with E-state index in [1.54, 1.807) is 36.0 Å². The lowest BCUT2D eigenvalue weighted by atomic mass is 10.1. The van der Waals surface area contributed by atoms with Gasteiger partial charge in [0.15, 0.2) is 14.9 Å². The first-order valence-corrected chi connectivity index (χ1v) is 15.3. The number of halogens is 2. The molecule has 4 heterocycles. The van der Waals surface area contributed by atoms with Crippen LogP contribution >= 0.6 is 36.6 Å². The van der Waals surface area contributed by atoms with E-state index in [0.29, 0.717) is 18.4 Å². The van der Waals surface area contributed by atoms with E-state index in [-0.39, 0.29) is 54.2 Å². The highest BCUT2D eigenvalue weighted by atomic mass is 35.5. The third kappa shape index (κ3) is 6.33. The molecule has 0 saturated carbocycles. The first kappa shape index (κ1) is 32.0. The van der Waals surface area contributed by atoms with Gasteiger partial charge in [-0.05, 0) is 56.8 Å². The Kier molecular flexibility index (Phi) is 10.7. The molecule has 0 bridgehead atoms. The van der Waals surface area contributed by atoms with E-state index >= 15 is 0 Å². The van der Waals surface area contributed by atoms with Gasteiger partial charge in [-0.1, -0.05) is 36.4 Å². The van der Waals surface area contributed by atoms with Crippen LogP contribution in [0.2, 0.25) is 0 Å². The third-order valence-corrected chi connectivity index (χ3v) is 9.55. The van der Waals surface area contributed by atoms with E-state index in [0.717, 1.165) is 35.1 Å². The van der Waals surface area contributed by atoms with Gasteiger partial charge in [0.1, 0.15) is 5.65 Å². The molecule has 0 radical (unpaired) electrons. The van der Waals surface area contributed by atoms with Crippen molar-refractivity contribution >= 4 is 52.1 Å². The quantitative estimate of drug-likeness (QED) is 0.158. The molecule has 1 aliphatic rings. The molecule has 0 aliphatic carbocycles. The molecule has 0 fully saturated rings. The fourth-order valence-corrected chi connectivity index (χ4v) is 7.72. The number of aromatic nitrogens is 4. The first-order valence-electron chi connectivity index (χ1n) is 12.7. The SMILES string of the molecule is CN(C)Cc1cnc2cccc(SCCCCn3c(=O)c(-c4ccccc4)c4n(c3=O)CCCS4(=O)=O)n12.Cl.Cl. The van der Waals surface area contributed by atoms with Gasteiger partial charge >= 0.3 is 5.69 Å². The Morgan fingerprint density at radius 2 is 1.75 bits per heavy atom. The van der Waals surface area contributed by atoms with Crippen molar-refractivity contribution in [2.24, 2.45) is 0 Å². The molecule has 0 spiro atoms. The molecule has 0 amide bonds. The summed E-state index contributed by atoms with van der Waals surface area (Å²) >= 11 is 1.72. The Morgan fingerprint density at radius 3 is 2.48 bits per heavy atom. The first-order chi connectivity index (χ1) is 18.3. The van der Waals surface area contributed by atoms with Crippen LogP contribution in [0.5, 0.6) is 0 Å². The van der Waals surface area contributed by atoms with E-state index in [1.807, 2.05) is 38.5 Å². The molecule has 1 aliphatic heterocycles. The van der Waals surface area contributed by atoms with Gasteiger partial charge in [-0.3, -0.25) is 18.3 Å². The summed E-state index contributed by atoms with van der Waals surface area (Å²) in [4.78, 5) is 33.4. The molecule has 5 rings (SSSR count). The summed E-state index contributed by atoms with van der Waals surface area (Å²) in [6.07, 6.45) is 3.66. The molecular weight excluding hydrogens is 593 g/mol. The van der Waals surface area contributed by atoms with Crippen LogP contribution in [0.15, 0.2) is 74.4 Å². The van der Waals surface area contributed by atoms with Crippen molar-refractivity contribution < 1.29 is 8.42 Å². The van der Waals surface area contributed by atoms with Crippen molar-refractivity contribution in [1.82, 2.24) is 23.4 Å². The Balaban J connectivity index is 0.00000220. The van der Waals surface area contributed by atoms with E-state index < -0.39 is 21.1 Å². The molecule has 3 aromatic heterocycles. The molecule has 0 N–H and O–H groups in total. The molecule has 4 aromatic rings. The standard InChI is InChI=1S/C27H31N5O4S2.2ClH/c1-29(2)19-21-18-28-22-12-8-13-23(32(21)22)37-16-7-6-14-30-25(33)24(20-10-4-3-5-11-20)26-31(27(30)34)15-9-17-38(26,35)36;;/h3-5,8,10-13,18H,6-7,9,14-17,19H2,1-2H3;2*1H. The van der Waals surface area contributed by atoms with Crippen LogP contribution in [0, 0.1) is 0 Å². The number of imidazole rings is 1. The number of hydrogen-bond acceptors (Lipinski definition) is 7. The molecule has 13 heteroatoms. The topological polar surface area (TPSA) is 98.7 Å². The van der Waals surface area contributed by atoms with Crippen LogP contribution < -0.4 is 11.2 Å². The Bertz CT molecular complexity index is 1700. The molecule has 0 atom stereocenters. The van der Waals surface area contributed by atoms with E-state index in [4.69, 9.17) is 0 Å². The summed E-state index contributed by atoms with van der Waals surface area (Å²) in [6.45, 7) is 1.30. The average Bonchev–Trinajstić information content (AvgIpc) is 3.29. The largest absolute Gasteiger partial charge is 0.332 e. The second-order valence-electron chi connectivity index (χ2n) is 9.71. The minimum atomic E-state index is -3.73. The number of nitrogens with zero attached hydrogens (tertiary/aromatic N) is 5. The van der Waals surface area contributed by atoms with Crippen molar-refractivity contribution in [3.05, 3.63) is 81.3 Å². The van der Waals surface area contributed by atoms with Crippen LogP contribution in [0.4, 0.5) is 0 Å². The lowest BCUT2D eigenvalue weighted by Crippen LogP contribution is -2.45. The van der Waals surface area contributed by atoms with Crippen LogP contribution in [0.3, 0.4) is 0 Å². The molecule has 9 nitrogen and oxygen atoms in total. The lowest BCUT2D eigenvalue weighted by Gasteiger charge is -2.23. The number of fused-ring (bicyclic) bond motifs is 2. The van der Waals surface area contributed by atoms with Crippen LogP contribution in [-0.4, -0.2) is 57.4 Å². The number of rotatable bonds is 9. The van der Waals surface area contributed by atoms with Crippen molar-refractivity contribution in [1.29, 1.82) is 0 Å². The summed E-state index contributed by atoms with van der Waals surface area (Å²) in [7, 11) is 0.323. The predicted octanol–water partition coefficient (Wildman–Crippen LogP) is 3.98. The second-order valence-corrected chi connectivity index (χ2v) is 12.8. The minimum absolute atomic E-state index is 0. The molecule has 0 saturated heterocycles. The van der Waals surface area contributed by atoms with Crippen molar-refractivity contribution in [2.45, 2.75) is 48.9 Å². The maximum absolute atomic E-state index is 13.5. The minimum Gasteiger partial charge on any atom is -0.304 e. The number of unbranched alkanes of at least 4 members (excludes halogenated alkanes) is 1. The molecule has 1 aromatic carbocycles. The van der Waals surface area contributed by atoms with Crippen LogP contribution in [0.1, 0.15) is 25.0 Å². The zero-order chi connectivity index (χ0) is 26.9. The summed E-state index contributed by atoms with van der Waals surface area (Å²) in [5.74, 6) is 0.743. The summed E-state index contributed by atoms with van der Waals surface area (Å²) in [6, 6.07) is 14.8. The molecule has 40 heavy (non-hydrogen) atoms. The summed E-state index contributed by atoms with van der Waals surface area (Å²) in [5, 5.41) is 0.957. The van der Waals surface area contributed by atoms with Crippen molar-refractivity contribution in [2.75, 3.05) is 25.6 Å². The normalized spacial score (nSPS) is 14.0. The van der Waals surface area contributed by atoms with E-state index in [9.17, 15) is 18.0 Å². The zero-order valence-corrected chi connectivity index (χ0v) is 25.6. The fourth-order valence-electron chi connectivity index (χ4n) is 4.92. The summed E-state index contributed by atoms with van der Waals surface area (Å²) in [5.41, 5.74) is 1.55. The van der Waals surface area contributed by atoms with Crippen LogP contribution in [0.25, 0.3) is 16.8 Å². The van der Waals surface area contributed by atoms with Gasteiger partial charge in [-0.25, -0.2) is 18.2 Å². The number of hydrogen-bond donors (Lipinski definition) is 0. The van der Waals surface area contributed by atoms with Gasteiger partial charge in [0.05, 0.1) is 28.2 Å². The number of thioether (sulfide) groups is 1. The highest BCUT2D eigenvalue weighted by Crippen LogP contribution is 2.27. The Labute approximate surface area is 250 Å². The number of sulfone groups is 1. The van der Waals surface area contributed by atoms with Gasteiger partial charge in [0.2, 0.25) is 0 Å². The van der Waals surface area contributed by atoms with Gasteiger partial charge < -0.3 is 4.90 Å². The van der Waals surface area contributed by atoms with Crippen molar-refractivity contribution in [3.8, 4) is 11.1 Å². The van der Waals surface area contributed by atoms with E-state index in [1.165, 1.54) is 9.13 Å². The number of pyridine rings is 1. The van der Waals surface area contributed by atoms with Crippen molar-refractivity contribution in [3.63, 3.8) is 0 Å². The highest BCUT2D eigenvalue weighted by Gasteiger charge is 2.32. The second kappa shape index (κ2) is 13.4. The Morgan fingerprint density at radius 1 is 1.00 bits per heavy atom. The van der Waals surface area contributed by atoms with Gasteiger partial charge in [0.25, 0.3) is 5.56 Å². The molecular formula is C27H33Cl2N5O4S2. The maximum Gasteiger partial charge on any atom is 0.332 e. The summed E-state index contributed by atoms with van der Waals surface area (Å²) < 4.78 is 30.6. The highest BCUT2D eigenvalue weighted by molar-refractivity contribution is 7.99. The number of benzene rings is 1. The van der Waals surface area contributed by atoms with E-state index in [2.05, 4.69) is 20.4 Å². The smallest absolute Gasteiger partial charge is 0.304 e. The average molecular weight is 627 g/mol. The third-order valence-electron chi connectivity index (χ3n) is 6.60.